The van der Waals surface area contributed by atoms with Gasteiger partial charge in [-0.3, -0.25) is 10.1 Å². The Morgan fingerprint density at radius 3 is 1.96 bits per heavy atom. The number of benzene rings is 1. The number of nitrogens with one attached hydrogen (secondary N) is 2. The lowest BCUT2D eigenvalue weighted by Gasteiger charge is -2.23. The number of hydrogen-bond acceptors (Lipinski definition) is 5. The average Bonchev–Trinajstić information content (AvgIpc) is 2.43. The van der Waals surface area contributed by atoms with Crippen molar-refractivity contribution in [3.8, 4) is 0 Å². The van der Waals surface area contributed by atoms with E-state index in [0.29, 0.717) is 5.69 Å². The fourth-order valence-electron chi connectivity index (χ4n) is 1.86. The predicted molar refractivity (Wildman–Crippen MR) is 99.1 cm³/mol. The number of esters is 1. The summed E-state index contributed by atoms with van der Waals surface area (Å²) in [6.45, 7) is 12.3. The predicted octanol–water partition coefficient (Wildman–Crippen LogP) is 3.49. The van der Waals surface area contributed by atoms with Gasteiger partial charge in [0.25, 0.3) is 5.91 Å². The zero-order valence-corrected chi connectivity index (χ0v) is 16.4. The molecular formula is C19H28N2O5. The van der Waals surface area contributed by atoms with Crippen LogP contribution in [0.25, 0.3) is 0 Å². The number of anilines is 1. The van der Waals surface area contributed by atoms with Crippen LogP contribution in [0.15, 0.2) is 24.3 Å². The van der Waals surface area contributed by atoms with Gasteiger partial charge >= 0.3 is 12.1 Å². The Bertz CT molecular complexity index is 654. The zero-order valence-electron chi connectivity index (χ0n) is 16.4. The summed E-state index contributed by atoms with van der Waals surface area (Å²) in [5, 5.41) is 5.32. The minimum absolute atomic E-state index is 0.273. The second-order valence-corrected chi connectivity index (χ2v) is 7.99. The Hall–Kier alpha value is -2.57. The summed E-state index contributed by atoms with van der Waals surface area (Å²) < 4.78 is 10.3. The minimum Gasteiger partial charge on any atom is -0.449 e. The van der Waals surface area contributed by atoms with Crippen LogP contribution in [0.4, 0.5) is 10.5 Å². The minimum atomic E-state index is -0.915. The van der Waals surface area contributed by atoms with E-state index in [4.69, 9.17) is 9.47 Å². The maximum absolute atomic E-state index is 12.1. The molecule has 2 amide bonds. The van der Waals surface area contributed by atoms with Crippen molar-refractivity contribution in [1.29, 1.82) is 0 Å². The summed E-state index contributed by atoms with van der Waals surface area (Å²) in [5.41, 5.74) is -0.255. The van der Waals surface area contributed by atoms with Crippen molar-refractivity contribution in [2.24, 2.45) is 0 Å². The highest BCUT2D eigenvalue weighted by molar-refractivity contribution is 5.93. The molecule has 0 spiro atoms. The van der Waals surface area contributed by atoms with Gasteiger partial charge in [-0.15, -0.1) is 0 Å². The number of hydrogen-bond donors (Lipinski definition) is 2. The van der Waals surface area contributed by atoms with E-state index in [0.717, 1.165) is 0 Å². The summed E-state index contributed by atoms with van der Waals surface area (Å²) in [6, 6.07) is 6.12. The van der Waals surface area contributed by atoms with Gasteiger partial charge in [-0.2, -0.15) is 0 Å². The molecule has 2 N–H and O–H groups in total. The van der Waals surface area contributed by atoms with Gasteiger partial charge in [-0.1, -0.05) is 0 Å². The van der Waals surface area contributed by atoms with E-state index in [1.807, 2.05) is 20.8 Å². The molecule has 0 heterocycles. The third-order valence-electron chi connectivity index (χ3n) is 2.92. The Morgan fingerprint density at radius 2 is 1.50 bits per heavy atom. The molecule has 0 fully saturated rings. The van der Waals surface area contributed by atoms with E-state index < -0.39 is 29.3 Å². The maximum atomic E-state index is 12.1. The molecular weight excluding hydrogens is 336 g/mol. The van der Waals surface area contributed by atoms with Gasteiger partial charge in [0.2, 0.25) is 0 Å². The van der Waals surface area contributed by atoms with Gasteiger partial charge in [0, 0.05) is 11.2 Å². The first kappa shape index (κ1) is 21.5. The van der Waals surface area contributed by atoms with Crippen LogP contribution in [0.3, 0.4) is 0 Å². The topological polar surface area (TPSA) is 93.7 Å². The summed E-state index contributed by atoms with van der Waals surface area (Å²) >= 11 is 0. The van der Waals surface area contributed by atoms with Crippen LogP contribution >= 0.6 is 0 Å². The molecule has 7 nitrogen and oxygen atoms in total. The smallest absolute Gasteiger partial charge is 0.412 e. The van der Waals surface area contributed by atoms with E-state index in [2.05, 4.69) is 10.6 Å². The van der Waals surface area contributed by atoms with Crippen molar-refractivity contribution in [2.75, 3.05) is 5.32 Å². The summed E-state index contributed by atoms with van der Waals surface area (Å²) in [7, 11) is 0. The molecule has 7 heteroatoms. The SMILES string of the molecule is C[C@H](OC(=O)c1ccc(NC(=O)OC(C)(C)C)cc1)C(=O)NC(C)(C)C. The lowest BCUT2D eigenvalue weighted by atomic mass is 10.1. The van der Waals surface area contributed by atoms with Gasteiger partial charge in [-0.05, 0) is 72.7 Å². The molecule has 1 atom stereocenters. The summed E-state index contributed by atoms with van der Waals surface area (Å²) in [6.07, 6.45) is -1.50. The van der Waals surface area contributed by atoms with Crippen LogP contribution in [0, 0.1) is 0 Å². The normalized spacial score (nSPS) is 12.7. The second-order valence-electron chi connectivity index (χ2n) is 7.99. The van der Waals surface area contributed by atoms with Crippen LogP contribution in [-0.4, -0.2) is 35.2 Å². The van der Waals surface area contributed by atoms with Gasteiger partial charge in [0.05, 0.1) is 5.56 Å². The van der Waals surface area contributed by atoms with Crippen LogP contribution in [0.2, 0.25) is 0 Å². The summed E-state index contributed by atoms with van der Waals surface area (Å²) in [4.78, 5) is 35.8. The third-order valence-corrected chi connectivity index (χ3v) is 2.92. The molecule has 26 heavy (non-hydrogen) atoms. The molecule has 0 aliphatic carbocycles. The number of ether oxygens (including phenoxy) is 2. The highest BCUT2D eigenvalue weighted by atomic mass is 16.6. The van der Waals surface area contributed by atoms with E-state index in [1.54, 1.807) is 32.9 Å². The first-order valence-electron chi connectivity index (χ1n) is 8.40. The molecule has 144 valence electrons. The number of rotatable bonds is 4. The van der Waals surface area contributed by atoms with E-state index in [-0.39, 0.29) is 11.5 Å². The summed E-state index contributed by atoms with van der Waals surface area (Å²) in [5.74, 6) is -0.987. The van der Waals surface area contributed by atoms with Crippen LogP contribution in [-0.2, 0) is 14.3 Å². The molecule has 0 radical (unpaired) electrons. The highest BCUT2D eigenvalue weighted by Crippen LogP contribution is 2.14. The monoisotopic (exact) mass is 364 g/mol. The Balaban J connectivity index is 2.63. The van der Waals surface area contributed by atoms with E-state index in [1.165, 1.54) is 19.1 Å². The van der Waals surface area contributed by atoms with Crippen molar-refractivity contribution in [3.63, 3.8) is 0 Å². The van der Waals surface area contributed by atoms with Crippen LogP contribution < -0.4 is 10.6 Å². The second kappa shape index (κ2) is 8.21. The highest BCUT2D eigenvalue weighted by Gasteiger charge is 2.23. The van der Waals surface area contributed by atoms with Crippen LogP contribution in [0.5, 0.6) is 0 Å². The number of amides is 2. The van der Waals surface area contributed by atoms with Crippen molar-refractivity contribution in [1.82, 2.24) is 5.32 Å². The van der Waals surface area contributed by atoms with Crippen molar-refractivity contribution in [2.45, 2.75) is 65.7 Å². The maximum Gasteiger partial charge on any atom is 0.412 e. The van der Waals surface area contributed by atoms with Crippen LogP contribution in [0.1, 0.15) is 58.8 Å². The number of carbonyl (C=O) groups excluding carboxylic acids is 3. The van der Waals surface area contributed by atoms with E-state index in [9.17, 15) is 14.4 Å². The van der Waals surface area contributed by atoms with E-state index >= 15 is 0 Å². The Morgan fingerprint density at radius 1 is 0.962 bits per heavy atom. The average molecular weight is 364 g/mol. The van der Waals surface area contributed by atoms with Crippen molar-refractivity contribution >= 4 is 23.7 Å². The molecule has 0 aliphatic heterocycles. The largest absolute Gasteiger partial charge is 0.449 e. The fraction of sp³-hybridized carbons (Fsp3) is 0.526. The number of carbonyl (C=O) groups is 3. The first-order chi connectivity index (χ1) is 11.8. The third kappa shape index (κ3) is 8.00. The van der Waals surface area contributed by atoms with Gasteiger partial charge in [-0.25, -0.2) is 9.59 Å². The molecule has 1 rings (SSSR count). The molecule has 1 aromatic carbocycles. The zero-order chi connectivity index (χ0) is 20.1. The Labute approximate surface area is 154 Å². The molecule has 0 saturated carbocycles. The van der Waals surface area contributed by atoms with Crippen molar-refractivity contribution < 1.29 is 23.9 Å². The van der Waals surface area contributed by atoms with Gasteiger partial charge in [0.15, 0.2) is 6.10 Å². The molecule has 0 unspecified atom stereocenters. The Kier molecular flexibility index (Phi) is 6.78. The molecule has 0 saturated heterocycles. The first-order valence-corrected chi connectivity index (χ1v) is 8.40. The molecule has 0 aliphatic rings. The molecule has 0 aromatic heterocycles. The van der Waals surface area contributed by atoms with Gasteiger partial charge in [0.1, 0.15) is 5.60 Å². The lowest BCUT2D eigenvalue weighted by Crippen LogP contribution is -2.46. The fourth-order valence-corrected chi connectivity index (χ4v) is 1.86. The molecule has 0 bridgehead atoms. The standard InChI is InChI=1S/C19H28N2O5/c1-12(15(22)21-18(2,3)4)25-16(23)13-8-10-14(11-9-13)20-17(24)26-19(5,6)7/h8-12H,1-7H3,(H,20,24)(H,21,22)/t12-/m0/s1. The lowest BCUT2D eigenvalue weighted by molar-refractivity contribution is -0.130. The molecule has 1 aromatic rings. The van der Waals surface area contributed by atoms with Gasteiger partial charge < -0.3 is 14.8 Å². The quantitative estimate of drug-likeness (QED) is 0.798. The van der Waals surface area contributed by atoms with Crippen molar-refractivity contribution in [3.05, 3.63) is 29.8 Å².